The molecule has 1 atom stereocenters. The highest BCUT2D eigenvalue weighted by Crippen LogP contribution is 2.08. The molecule has 0 radical (unpaired) electrons. The van der Waals surface area contributed by atoms with Gasteiger partial charge in [-0.3, -0.25) is 4.79 Å². The van der Waals surface area contributed by atoms with Gasteiger partial charge in [-0.15, -0.1) is 0 Å². The summed E-state index contributed by atoms with van der Waals surface area (Å²) < 4.78 is 0. The lowest BCUT2D eigenvalue weighted by Gasteiger charge is -2.30. The van der Waals surface area contributed by atoms with Crippen molar-refractivity contribution in [3.8, 4) is 6.07 Å². The number of hydrogen-bond acceptors (Lipinski definition) is 3. The van der Waals surface area contributed by atoms with E-state index in [2.05, 4.69) is 11.4 Å². The van der Waals surface area contributed by atoms with E-state index in [1.54, 1.807) is 11.9 Å². The maximum absolute atomic E-state index is 11.6. The lowest BCUT2D eigenvalue weighted by molar-refractivity contribution is -0.136. The van der Waals surface area contributed by atoms with E-state index in [9.17, 15) is 4.79 Å². The average molecular weight is 181 g/mol. The topological polar surface area (TPSA) is 56.1 Å². The smallest absolute Gasteiger partial charge is 0.228 e. The van der Waals surface area contributed by atoms with Crippen molar-refractivity contribution < 1.29 is 4.79 Å². The fraction of sp³-hybridized carbons (Fsp3) is 0.778. The Morgan fingerprint density at radius 3 is 2.77 bits per heavy atom. The standard InChI is InChI=1S/C9H15N3O/c1-7(3-10)6-12(2)9(13)8-4-11-5-8/h7-8,11H,4-6H2,1-2H3. The number of carbonyl (C=O) groups is 1. The van der Waals surface area contributed by atoms with Gasteiger partial charge in [0, 0.05) is 26.7 Å². The maximum atomic E-state index is 11.6. The molecule has 1 aliphatic rings. The Hall–Kier alpha value is -1.08. The van der Waals surface area contributed by atoms with Gasteiger partial charge >= 0.3 is 0 Å². The van der Waals surface area contributed by atoms with E-state index in [0.29, 0.717) is 6.54 Å². The highest BCUT2D eigenvalue weighted by atomic mass is 16.2. The Kier molecular flexibility index (Phi) is 3.26. The van der Waals surface area contributed by atoms with Gasteiger partial charge in [-0.25, -0.2) is 0 Å². The number of hydrogen-bond donors (Lipinski definition) is 1. The summed E-state index contributed by atoms with van der Waals surface area (Å²) in [4.78, 5) is 13.2. The van der Waals surface area contributed by atoms with E-state index in [1.807, 2.05) is 6.92 Å². The molecule has 1 aliphatic heterocycles. The predicted molar refractivity (Wildman–Crippen MR) is 48.8 cm³/mol. The highest BCUT2D eigenvalue weighted by Gasteiger charge is 2.27. The second-order valence-electron chi connectivity index (χ2n) is 3.60. The van der Waals surface area contributed by atoms with Crippen molar-refractivity contribution in [2.24, 2.45) is 11.8 Å². The molecular formula is C9H15N3O. The van der Waals surface area contributed by atoms with E-state index >= 15 is 0 Å². The molecule has 1 amide bonds. The minimum Gasteiger partial charge on any atom is -0.344 e. The van der Waals surface area contributed by atoms with Crippen molar-refractivity contribution >= 4 is 5.91 Å². The van der Waals surface area contributed by atoms with E-state index < -0.39 is 0 Å². The predicted octanol–water partition coefficient (Wildman–Crippen LogP) is -0.176. The van der Waals surface area contributed by atoms with Crippen LogP contribution in [0.3, 0.4) is 0 Å². The van der Waals surface area contributed by atoms with Gasteiger partial charge in [0.05, 0.1) is 17.9 Å². The summed E-state index contributed by atoms with van der Waals surface area (Å²) in [5.41, 5.74) is 0. The fourth-order valence-electron chi connectivity index (χ4n) is 1.32. The SMILES string of the molecule is CC(C#N)CN(C)C(=O)C1CNC1. The van der Waals surface area contributed by atoms with E-state index in [-0.39, 0.29) is 17.7 Å². The van der Waals surface area contributed by atoms with Gasteiger partial charge in [0.25, 0.3) is 0 Å². The van der Waals surface area contributed by atoms with Crippen molar-refractivity contribution in [3.63, 3.8) is 0 Å². The molecule has 0 aliphatic carbocycles. The quantitative estimate of drug-likeness (QED) is 0.657. The summed E-state index contributed by atoms with van der Waals surface area (Å²) in [5, 5.41) is 11.6. The van der Waals surface area contributed by atoms with Gasteiger partial charge < -0.3 is 10.2 Å². The van der Waals surface area contributed by atoms with Crippen LogP contribution in [0.1, 0.15) is 6.92 Å². The van der Waals surface area contributed by atoms with Crippen LogP contribution in [0.15, 0.2) is 0 Å². The molecule has 4 nitrogen and oxygen atoms in total. The number of carbonyl (C=O) groups excluding carboxylic acids is 1. The molecule has 13 heavy (non-hydrogen) atoms. The summed E-state index contributed by atoms with van der Waals surface area (Å²) in [7, 11) is 1.76. The lowest BCUT2D eigenvalue weighted by Crippen LogP contribution is -2.51. The van der Waals surface area contributed by atoms with E-state index in [0.717, 1.165) is 13.1 Å². The number of rotatable bonds is 3. The van der Waals surface area contributed by atoms with E-state index in [4.69, 9.17) is 5.26 Å². The summed E-state index contributed by atoms with van der Waals surface area (Å²) in [5.74, 6) is 0.207. The first-order valence-corrected chi connectivity index (χ1v) is 4.50. The Morgan fingerprint density at radius 2 is 2.38 bits per heavy atom. The van der Waals surface area contributed by atoms with Crippen LogP contribution in [0.25, 0.3) is 0 Å². The Morgan fingerprint density at radius 1 is 1.77 bits per heavy atom. The molecule has 1 N–H and O–H groups in total. The van der Waals surface area contributed by atoms with Crippen molar-refractivity contribution in [1.82, 2.24) is 10.2 Å². The molecule has 0 aromatic heterocycles. The Balaban J connectivity index is 2.34. The molecule has 1 fully saturated rings. The third-order valence-corrected chi connectivity index (χ3v) is 2.28. The van der Waals surface area contributed by atoms with Gasteiger partial charge in [-0.05, 0) is 6.92 Å². The highest BCUT2D eigenvalue weighted by molar-refractivity contribution is 5.79. The molecule has 1 heterocycles. The third-order valence-electron chi connectivity index (χ3n) is 2.28. The number of nitrogens with zero attached hydrogens (tertiary/aromatic N) is 2. The van der Waals surface area contributed by atoms with Gasteiger partial charge in [-0.1, -0.05) is 0 Å². The second-order valence-corrected chi connectivity index (χ2v) is 3.60. The summed E-state index contributed by atoms with van der Waals surface area (Å²) in [6, 6.07) is 2.12. The monoisotopic (exact) mass is 181 g/mol. The molecule has 1 rings (SSSR count). The summed E-state index contributed by atoms with van der Waals surface area (Å²) in [6.07, 6.45) is 0. The van der Waals surface area contributed by atoms with Gasteiger partial charge in [-0.2, -0.15) is 5.26 Å². The van der Waals surface area contributed by atoms with Gasteiger partial charge in [0.2, 0.25) is 5.91 Å². The minimum absolute atomic E-state index is 0.0815. The van der Waals surface area contributed by atoms with Gasteiger partial charge in [0.1, 0.15) is 0 Å². The molecule has 0 aromatic carbocycles. The maximum Gasteiger partial charge on any atom is 0.228 e. The fourth-order valence-corrected chi connectivity index (χ4v) is 1.32. The van der Waals surface area contributed by atoms with Crippen LogP contribution < -0.4 is 5.32 Å². The first kappa shape index (κ1) is 10.0. The third kappa shape index (κ3) is 2.43. The van der Waals surface area contributed by atoms with Crippen LogP contribution in [-0.2, 0) is 4.79 Å². The van der Waals surface area contributed by atoms with Crippen molar-refractivity contribution in [3.05, 3.63) is 0 Å². The second kappa shape index (κ2) is 4.24. The van der Waals surface area contributed by atoms with Crippen LogP contribution in [0, 0.1) is 23.2 Å². The normalized spacial score (nSPS) is 18.5. The van der Waals surface area contributed by atoms with E-state index in [1.165, 1.54) is 0 Å². The first-order chi connectivity index (χ1) is 6.15. The zero-order valence-electron chi connectivity index (χ0n) is 8.08. The van der Waals surface area contributed by atoms with Crippen LogP contribution >= 0.6 is 0 Å². The molecule has 0 bridgehead atoms. The van der Waals surface area contributed by atoms with Gasteiger partial charge in [0.15, 0.2) is 0 Å². The molecule has 72 valence electrons. The zero-order valence-corrected chi connectivity index (χ0v) is 8.08. The lowest BCUT2D eigenvalue weighted by atomic mass is 10.0. The minimum atomic E-state index is -0.0815. The number of amides is 1. The van der Waals surface area contributed by atoms with Crippen molar-refractivity contribution in [2.75, 3.05) is 26.7 Å². The molecule has 0 saturated carbocycles. The molecule has 1 unspecified atom stereocenters. The molecular weight excluding hydrogens is 166 g/mol. The largest absolute Gasteiger partial charge is 0.344 e. The Labute approximate surface area is 78.5 Å². The zero-order chi connectivity index (χ0) is 9.84. The van der Waals surface area contributed by atoms with Crippen molar-refractivity contribution in [2.45, 2.75) is 6.92 Å². The van der Waals surface area contributed by atoms with Crippen LogP contribution in [0.2, 0.25) is 0 Å². The average Bonchev–Trinajstić information content (AvgIpc) is 2.00. The van der Waals surface area contributed by atoms with Crippen LogP contribution in [-0.4, -0.2) is 37.5 Å². The summed E-state index contributed by atoms with van der Waals surface area (Å²) in [6.45, 7) is 3.92. The molecule has 0 aromatic rings. The number of nitrogens with one attached hydrogen (secondary N) is 1. The van der Waals surface area contributed by atoms with Crippen LogP contribution in [0.5, 0.6) is 0 Å². The summed E-state index contributed by atoms with van der Waals surface area (Å²) >= 11 is 0. The number of nitriles is 1. The van der Waals surface area contributed by atoms with Crippen LogP contribution in [0.4, 0.5) is 0 Å². The Bertz CT molecular complexity index is 230. The molecule has 4 heteroatoms. The molecule has 1 saturated heterocycles. The first-order valence-electron chi connectivity index (χ1n) is 4.50. The van der Waals surface area contributed by atoms with Crippen molar-refractivity contribution in [1.29, 1.82) is 5.26 Å². The molecule has 0 spiro atoms.